The number of hydrogen-bond acceptors (Lipinski definition) is 3. The molecule has 0 aliphatic heterocycles. The van der Waals surface area contributed by atoms with Crippen LogP contribution in [0.2, 0.25) is 0 Å². The summed E-state index contributed by atoms with van der Waals surface area (Å²) in [6.07, 6.45) is 9.05. The zero-order valence-electron chi connectivity index (χ0n) is 12.0. The summed E-state index contributed by atoms with van der Waals surface area (Å²) < 4.78 is 0.975. The molecular formula is C16H20BrN3. The predicted octanol–water partition coefficient (Wildman–Crippen LogP) is 4.41. The Morgan fingerprint density at radius 2 is 2.05 bits per heavy atom. The molecule has 1 aliphatic rings. The molecule has 1 fully saturated rings. The third kappa shape index (κ3) is 2.53. The van der Waals surface area contributed by atoms with Gasteiger partial charge in [-0.3, -0.25) is 9.97 Å². The number of hydrogen-bond donors (Lipinski definition) is 0. The average Bonchev–Trinajstić information content (AvgIpc) is 2.46. The number of pyridine rings is 2. The van der Waals surface area contributed by atoms with Crippen LogP contribution in [0.1, 0.15) is 32.6 Å². The number of nitrogens with zero attached hydrogens (tertiary/aromatic N) is 3. The Morgan fingerprint density at radius 3 is 2.85 bits per heavy atom. The fourth-order valence-electron chi connectivity index (χ4n) is 3.33. The number of anilines is 1. The molecule has 20 heavy (non-hydrogen) atoms. The Bertz CT molecular complexity index is 614. The standard InChI is InChI=1S/C16H20BrN3/c1-11-5-3-4-6-14(11)20(2)15-7-8-18-13-9-12(17)10-19-16(13)15/h7-11,14H,3-6H2,1-2H3. The fourth-order valence-corrected chi connectivity index (χ4v) is 3.65. The van der Waals surface area contributed by atoms with Crippen molar-refractivity contribution in [1.82, 2.24) is 9.97 Å². The molecule has 2 aromatic heterocycles. The predicted molar refractivity (Wildman–Crippen MR) is 87.1 cm³/mol. The Morgan fingerprint density at radius 1 is 1.25 bits per heavy atom. The van der Waals surface area contributed by atoms with Gasteiger partial charge < -0.3 is 4.90 Å². The maximum absolute atomic E-state index is 4.57. The molecule has 0 saturated heterocycles. The first-order valence-corrected chi connectivity index (χ1v) is 8.09. The van der Waals surface area contributed by atoms with Crippen molar-refractivity contribution < 1.29 is 0 Å². The minimum absolute atomic E-state index is 0.611. The third-order valence-electron chi connectivity index (χ3n) is 4.47. The minimum Gasteiger partial charge on any atom is -0.369 e. The van der Waals surface area contributed by atoms with Gasteiger partial charge in [0, 0.05) is 30.0 Å². The first-order valence-electron chi connectivity index (χ1n) is 7.30. The highest BCUT2D eigenvalue weighted by Gasteiger charge is 2.26. The van der Waals surface area contributed by atoms with Crippen LogP contribution in [0.4, 0.5) is 5.69 Å². The normalized spacial score (nSPS) is 22.9. The van der Waals surface area contributed by atoms with E-state index in [0.717, 1.165) is 21.4 Å². The summed E-state index contributed by atoms with van der Waals surface area (Å²) in [6.45, 7) is 2.37. The van der Waals surface area contributed by atoms with Crippen molar-refractivity contribution in [2.75, 3.05) is 11.9 Å². The molecular weight excluding hydrogens is 314 g/mol. The van der Waals surface area contributed by atoms with Gasteiger partial charge in [0.2, 0.25) is 0 Å². The van der Waals surface area contributed by atoms with Crippen LogP contribution < -0.4 is 4.90 Å². The zero-order chi connectivity index (χ0) is 14.1. The highest BCUT2D eigenvalue weighted by molar-refractivity contribution is 9.10. The van der Waals surface area contributed by atoms with E-state index in [1.54, 1.807) is 0 Å². The molecule has 2 atom stereocenters. The monoisotopic (exact) mass is 333 g/mol. The van der Waals surface area contributed by atoms with Gasteiger partial charge in [-0.1, -0.05) is 19.8 Å². The number of halogens is 1. The van der Waals surface area contributed by atoms with Gasteiger partial charge in [0.25, 0.3) is 0 Å². The van der Waals surface area contributed by atoms with Crippen LogP contribution in [0.5, 0.6) is 0 Å². The molecule has 0 amide bonds. The molecule has 4 heteroatoms. The summed E-state index contributed by atoms with van der Waals surface area (Å²) in [6, 6.07) is 4.73. The van der Waals surface area contributed by atoms with Gasteiger partial charge in [0.15, 0.2) is 0 Å². The number of fused-ring (bicyclic) bond motifs is 1. The Balaban J connectivity index is 2.00. The van der Waals surface area contributed by atoms with E-state index >= 15 is 0 Å². The lowest BCUT2D eigenvalue weighted by atomic mass is 9.85. The summed E-state index contributed by atoms with van der Waals surface area (Å²) in [5.41, 5.74) is 3.14. The molecule has 2 heterocycles. The maximum atomic E-state index is 4.57. The van der Waals surface area contributed by atoms with E-state index in [1.807, 2.05) is 18.5 Å². The topological polar surface area (TPSA) is 29.0 Å². The van der Waals surface area contributed by atoms with E-state index in [4.69, 9.17) is 0 Å². The van der Waals surface area contributed by atoms with Gasteiger partial charge in [-0.25, -0.2) is 0 Å². The summed E-state index contributed by atoms with van der Waals surface area (Å²) in [5, 5.41) is 0. The number of aromatic nitrogens is 2. The molecule has 2 unspecified atom stereocenters. The summed E-state index contributed by atoms with van der Waals surface area (Å²) in [5.74, 6) is 0.743. The Hall–Kier alpha value is -1.16. The van der Waals surface area contributed by atoms with Crippen molar-refractivity contribution in [3.63, 3.8) is 0 Å². The van der Waals surface area contributed by atoms with Gasteiger partial charge in [-0.15, -0.1) is 0 Å². The maximum Gasteiger partial charge on any atom is 0.112 e. The van der Waals surface area contributed by atoms with E-state index in [-0.39, 0.29) is 0 Å². The van der Waals surface area contributed by atoms with Crippen molar-refractivity contribution >= 4 is 32.7 Å². The van der Waals surface area contributed by atoms with Crippen molar-refractivity contribution in [3.05, 3.63) is 29.0 Å². The molecule has 3 rings (SSSR count). The van der Waals surface area contributed by atoms with Crippen LogP contribution in [-0.2, 0) is 0 Å². The van der Waals surface area contributed by atoms with Gasteiger partial charge in [-0.05, 0) is 46.8 Å². The SMILES string of the molecule is CC1CCCCC1N(C)c1ccnc2cc(Br)cnc12. The molecule has 0 radical (unpaired) electrons. The van der Waals surface area contributed by atoms with Gasteiger partial charge in [0.05, 0.1) is 11.2 Å². The molecule has 2 aromatic rings. The summed E-state index contributed by atoms with van der Waals surface area (Å²) >= 11 is 3.46. The first-order chi connectivity index (χ1) is 9.66. The molecule has 0 N–H and O–H groups in total. The second kappa shape index (κ2) is 5.68. The average molecular weight is 334 g/mol. The van der Waals surface area contributed by atoms with Crippen molar-refractivity contribution in [2.24, 2.45) is 5.92 Å². The quantitative estimate of drug-likeness (QED) is 0.815. The van der Waals surface area contributed by atoms with E-state index in [2.05, 4.69) is 50.8 Å². The van der Waals surface area contributed by atoms with Gasteiger partial charge in [-0.2, -0.15) is 0 Å². The Kier molecular flexibility index (Phi) is 3.92. The second-order valence-electron chi connectivity index (χ2n) is 5.79. The lowest BCUT2D eigenvalue weighted by Gasteiger charge is -2.37. The van der Waals surface area contributed by atoms with Crippen molar-refractivity contribution in [3.8, 4) is 0 Å². The zero-order valence-corrected chi connectivity index (χ0v) is 13.6. The molecule has 0 spiro atoms. The van der Waals surface area contributed by atoms with Gasteiger partial charge in [0.1, 0.15) is 5.52 Å². The van der Waals surface area contributed by atoms with Crippen LogP contribution in [0, 0.1) is 5.92 Å². The smallest absolute Gasteiger partial charge is 0.112 e. The molecule has 1 aliphatic carbocycles. The second-order valence-corrected chi connectivity index (χ2v) is 6.71. The summed E-state index contributed by atoms with van der Waals surface area (Å²) in [7, 11) is 2.20. The van der Waals surface area contributed by atoms with E-state index in [0.29, 0.717) is 6.04 Å². The third-order valence-corrected chi connectivity index (χ3v) is 4.90. The molecule has 1 saturated carbocycles. The van der Waals surface area contributed by atoms with E-state index < -0.39 is 0 Å². The molecule has 106 valence electrons. The van der Waals surface area contributed by atoms with Crippen LogP contribution in [0.25, 0.3) is 11.0 Å². The van der Waals surface area contributed by atoms with E-state index in [9.17, 15) is 0 Å². The van der Waals surface area contributed by atoms with Crippen LogP contribution in [-0.4, -0.2) is 23.1 Å². The number of rotatable bonds is 2. The van der Waals surface area contributed by atoms with E-state index in [1.165, 1.54) is 31.4 Å². The van der Waals surface area contributed by atoms with Crippen LogP contribution in [0.3, 0.4) is 0 Å². The highest BCUT2D eigenvalue weighted by Crippen LogP contribution is 2.33. The van der Waals surface area contributed by atoms with Crippen LogP contribution >= 0.6 is 15.9 Å². The molecule has 3 nitrogen and oxygen atoms in total. The van der Waals surface area contributed by atoms with Crippen molar-refractivity contribution in [1.29, 1.82) is 0 Å². The molecule has 0 aromatic carbocycles. The lowest BCUT2D eigenvalue weighted by Crippen LogP contribution is -2.39. The first kappa shape index (κ1) is 13.8. The minimum atomic E-state index is 0.611. The largest absolute Gasteiger partial charge is 0.369 e. The van der Waals surface area contributed by atoms with Crippen molar-refractivity contribution in [2.45, 2.75) is 38.6 Å². The lowest BCUT2D eigenvalue weighted by molar-refractivity contribution is 0.322. The molecule has 0 bridgehead atoms. The summed E-state index contributed by atoms with van der Waals surface area (Å²) in [4.78, 5) is 11.4. The van der Waals surface area contributed by atoms with Crippen LogP contribution in [0.15, 0.2) is 29.0 Å². The highest BCUT2D eigenvalue weighted by atomic mass is 79.9. The Labute approximate surface area is 128 Å². The fraction of sp³-hybridized carbons (Fsp3) is 0.500. The van der Waals surface area contributed by atoms with Gasteiger partial charge >= 0.3 is 0 Å².